The minimum Gasteiger partial charge on any atom is -0.409 e. The molecule has 1 amide bonds. The second kappa shape index (κ2) is 6.60. The molecule has 0 fully saturated rings. The largest absolute Gasteiger partial charge is 0.409 e. The van der Waals surface area contributed by atoms with Crippen molar-refractivity contribution in [2.45, 2.75) is 0 Å². The van der Waals surface area contributed by atoms with E-state index in [0.717, 1.165) is 4.47 Å². The SMILES string of the molecule is N/C(=N/O)c1ccccc1NC(=O)c1cc(Br)ccc1Cl. The molecule has 0 saturated heterocycles. The van der Waals surface area contributed by atoms with Gasteiger partial charge in [-0.15, -0.1) is 0 Å². The lowest BCUT2D eigenvalue weighted by molar-refractivity contribution is 0.102. The quantitative estimate of drug-likeness (QED) is 0.335. The second-order valence-electron chi connectivity index (χ2n) is 4.11. The topological polar surface area (TPSA) is 87.7 Å². The van der Waals surface area contributed by atoms with Gasteiger partial charge in [-0.25, -0.2) is 0 Å². The third-order valence-corrected chi connectivity index (χ3v) is 3.55. The van der Waals surface area contributed by atoms with E-state index >= 15 is 0 Å². The maximum Gasteiger partial charge on any atom is 0.257 e. The average Bonchev–Trinajstić information content (AvgIpc) is 2.49. The summed E-state index contributed by atoms with van der Waals surface area (Å²) in [7, 11) is 0. The molecule has 5 nitrogen and oxygen atoms in total. The monoisotopic (exact) mass is 367 g/mol. The van der Waals surface area contributed by atoms with Gasteiger partial charge in [-0.05, 0) is 30.3 Å². The number of para-hydroxylation sites is 1. The summed E-state index contributed by atoms with van der Waals surface area (Å²) in [6, 6.07) is 11.7. The van der Waals surface area contributed by atoms with Crippen molar-refractivity contribution in [2.24, 2.45) is 10.9 Å². The molecule has 0 saturated carbocycles. The van der Waals surface area contributed by atoms with Crippen molar-refractivity contribution in [3.63, 3.8) is 0 Å². The third-order valence-electron chi connectivity index (χ3n) is 2.73. The van der Waals surface area contributed by atoms with Crippen molar-refractivity contribution < 1.29 is 10.0 Å². The van der Waals surface area contributed by atoms with Crippen LogP contribution in [0.2, 0.25) is 5.02 Å². The summed E-state index contributed by atoms with van der Waals surface area (Å²) in [5.41, 5.74) is 6.74. The second-order valence-corrected chi connectivity index (χ2v) is 5.43. The Kier molecular flexibility index (Phi) is 4.82. The summed E-state index contributed by atoms with van der Waals surface area (Å²) < 4.78 is 0.738. The van der Waals surface area contributed by atoms with Gasteiger partial charge in [0.05, 0.1) is 16.3 Å². The fourth-order valence-electron chi connectivity index (χ4n) is 1.73. The number of nitrogens with zero attached hydrogens (tertiary/aromatic N) is 1. The fourth-order valence-corrected chi connectivity index (χ4v) is 2.29. The number of nitrogens with two attached hydrogens (primary N) is 1. The standard InChI is InChI=1S/C14H11BrClN3O2/c15-8-5-6-11(16)10(7-8)14(20)18-12-4-2-1-3-9(12)13(17)19-21/h1-7,21H,(H2,17,19)(H,18,20). The van der Waals surface area contributed by atoms with E-state index in [2.05, 4.69) is 26.4 Å². The van der Waals surface area contributed by atoms with E-state index in [-0.39, 0.29) is 11.7 Å². The highest BCUT2D eigenvalue weighted by Gasteiger charge is 2.14. The van der Waals surface area contributed by atoms with Gasteiger partial charge in [-0.1, -0.05) is 44.8 Å². The number of carbonyl (C=O) groups excluding carboxylic acids is 1. The van der Waals surface area contributed by atoms with Crippen LogP contribution in [0.5, 0.6) is 0 Å². The molecule has 108 valence electrons. The molecule has 7 heteroatoms. The van der Waals surface area contributed by atoms with Crippen LogP contribution in [0.25, 0.3) is 0 Å². The number of amides is 1. The van der Waals surface area contributed by atoms with Gasteiger partial charge in [0.25, 0.3) is 5.91 Å². The van der Waals surface area contributed by atoms with Gasteiger partial charge in [-0.2, -0.15) is 0 Å². The van der Waals surface area contributed by atoms with Crippen molar-refractivity contribution >= 4 is 45.0 Å². The van der Waals surface area contributed by atoms with E-state index < -0.39 is 0 Å². The number of nitrogens with one attached hydrogen (secondary N) is 1. The minimum absolute atomic E-state index is 0.0914. The van der Waals surface area contributed by atoms with Gasteiger partial charge in [0, 0.05) is 10.0 Å². The normalized spacial score (nSPS) is 11.2. The van der Waals surface area contributed by atoms with Gasteiger partial charge < -0.3 is 16.3 Å². The molecule has 21 heavy (non-hydrogen) atoms. The zero-order valence-corrected chi connectivity index (χ0v) is 13.0. The Labute approximate surface area is 134 Å². The number of hydrogen-bond donors (Lipinski definition) is 3. The van der Waals surface area contributed by atoms with Crippen molar-refractivity contribution in [2.75, 3.05) is 5.32 Å². The van der Waals surface area contributed by atoms with Crippen LogP contribution in [-0.4, -0.2) is 17.0 Å². The van der Waals surface area contributed by atoms with E-state index in [4.69, 9.17) is 22.5 Å². The molecule has 0 spiro atoms. The number of hydrogen-bond acceptors (Lipinski definition) is 3. The summed E-state index contributed by atoms with van der Waals surface area (Å²) in [6.45, 7) is 0. The number of benzene rings is 2. The molecular weight excluding hydrogens is 358 g/mol. The van der Waals surface area contributed by atoms with Crippen LogP contribution in [0.3, 0.4) is 0 Å². The zero-order chi connectivity index (χ0) is 15.4. The number of rotatable bonds is 3. The summed E-state index contributed by atoms with van der Waals surface area (Å²) in [5.74, 6) is -0.481. The Morgan fingerprint density at radius 1 is 1.24 bits per heavy atom. The number of carbonyl (C=O) groups is 1. The smallest absolute Gasteiger partial charge is 0.257 e. The molecule has 2 aromatic carbocycles. The van der Waals surface area contributed by atoms with Crippen LogP contribution >= 0.6 is 27.5 Å². The average molecular weight is 369 g/mol. The number of halogens is 2. The third kappa shape index (κ3) is 3.53. The first-order valence-corrected chi connectivity index (χ1v) is 7.03. The molecule has 2 rings (SSSR count). The highest BCUT2D eigenvalue weighted by molar-refractivity contribution is 9.10. The molecule has 0 heterocycles. The van der Waals surface area contributed by atoms with Crippen LogP contribution in [0.4, 0.5) is 5.69 Å². The molecule has 0 radical (unpaired) electrons. The maximum absolute atomic E-state index is 12.3. The van der Waals surface area contributed by atoms with E-state index in [9.17, 15) is 4.79 Å². The predicted molar refractivity (Wildman–Crippen MR) is 86.1 cm³/mol. The molecule has 2 aromatic rings. The molecule has 0 atom stereocenters. The Bertz CT molecular complexity index is 719. The first kappa shape index (κ1) is 15.3. The molecule has 0 unspecified atom stereocenters. The Morgan fingerprint density at radius 2 is 1.95 bits per heavy atom. The Hall–Kier alpha value is -2.05. The molecule has 4 N–H and O–H groups in total. The van der Waals surface area contributed by atoms with Crippen LogP contribution < -0.4 is 11.1 Å². The van der Waals surface area contributed by atoms with Crippen LogP contribution in [-0.2, 0) is 0 Å². The zero-order valence-electron chi connectivity index (χ0n) is 10.7. The molecule has 0 aliphatic heterocycles. The van der Waals surface area contributed by atoms with Crippen LogP contribution in [0.15, 0.2) is 52.1 Å². The van der Waals surface area contributed by atoms with E-state index in [1.54, 1.807) is 42.5 Å². The van der Waals surface area contributed by atoms with Gasteiger partial charge in [0.1, 0.15) is 0 Å². The minimum atomic E-state index is -0.389. The van der Waals surface area contributed by atoms with Crippen molar-refractivity contribution in [3.8, 4) is 0 Å². The van der Waals surface area contributed by atoms with Crippen molar-refractivity contribution in [3.05, 3.63) is 63.1 Å². The summed E-state index contributed by atoms with van der Waals surface area (Å²) in [6.07, 6.45) is 0. The lowest BCUT2D eigenvalue weighted by atomic mass is 10.1. The predicted octanol–water partition coefficient (Wildman–Crippen LogP) is 3.45. The Morgan fingerprint density at radius 3 is 2.67 bits per heavy atom. The van der Waals surface area contributed by atoms with E-state index in [1.807, 2.05) is 0 Å². The summed E-state index contributed by atoms with van der Waals surface area (Å²) in [4.78, 5) is 12.3. The first-order chi connectivity index (χ1) is 10.0. The van der Waals surface area contributed by atoms with Gasteiger partial charge in [-0.3, -0.25) is 4.79 Å². The number of anilines is 1. The van der Waals surface area contributed by atoms with Crippen LogP contribution in [0, 0.1) is 0 Å². The highest BCUT2D eigenvalue weighted by Crippen LogP contribution is 2.23. The fraction of sp³-hybridized carbons (Fsp3) is 0. The molecule has 0 aromatic heterocycles. The number of amidine groups is 1. The van der Waals surface area contributed by atoms with Gasteiger partial charge in [0.2, 0.25) is 0 Å². The van der Waals surface area contributed by atoms with Gasteiger partial charge >= 0.3 is 0 Å². The molecule has 0 bridgehead atoms. The molecule has 0 aliphatic rings. The summed E-state index contributed by atoms with van der Waals surface area (Å²) >= 11 is 9.30. The molecule has 0 aliphatic carbocycles. The van der Waals surface area contributed by atoms with Gasteiger partial charge in [0.15, 0.2) is 5.84 Å². The summed E-state index contributed by atoms with van der Waals surface area (Å²) in [5, 5.41) is 14.7. The maximum atomic E-state index is 12.3. The van der Waals surface area contributed by atoms with E-state index in [0.29, 0.717) is 21.8 Å². The van der Waals surface area contributed by atoms with Crippen molar-refractivity contribution in [1.82, 2.24) is 0 Å². The number of oxime groups is 1. The Balaban J connectivity index is 2.34. The first-order valence-electron chi connectivity index (χ1n) is 5.86. The van der Waals surface area contributed by atoms with E-state index in [1.165, 1.54) is 0 Å². The lowest BCUT2D eigenvalue weighted by Crippen LogP contribution is -2.19. The van der Waals surface area contributed by atoms with Crippen LogP contribution in [0.1, 0.15) is 15.9 Å². The lowest BCUT2D eigenvalue weighted by Gasteiger charge is -2.11. The van der Waals surface area contributed by atoms with Crippen molar-refractivity contribution in [1.29, 1.82) is 0 Å². The highest BCUT2D eigenvalue weighted by atomic mass is 79.9. The molecular formula is C14H11BrClN3O2.